The number of allylic oxidation sites excluding steroid dienone is 1. The summed E-state index contributed by atoms with van der Waals surface area (Å²) in [7, 11) is 0. The zero-order valence-corrected chi connectivity index (χ0v) is 12.1. The van der Waals surface area contributed by atoms with Crippen LogP contribution in [0, 0.1) is 0 Å². The maximum absolute atomic E-state index is 12.4. The lowest BCUT2D eigenvalue weighted by atomic mass is 9.77. The van der Waals surface area contributed by atoms with Gasteiger partial charge in [0.05, 0.1) is 12.0 Å². The highest BCUT2D eigenvalue weighted by atomic mass is 16.5. The molecule has 0 bridgehead atoms. The summed E-state index contributed by atoms with van der Waals surface area (Å²) < 4.78 is 5.28. The number of benzene rings is 2. The van der Waals surface area contributed by atoms with Crippen molar-refractivity contribution in [3.63, 3.8) is 0 Å². The molecule has 2 aromatic carbocycles. The zero-order valence-electron chi connectivity index (χ0n) is 12.1. The lowest BCUT2D eigenvalue weighted by Gasteiger charge is -2.28. The molecule has 0 aromatic heterocycles. The summed E-state index contributed by atoms with van der Waals surface area (Å²) in [5, 5.41) is 2.22. The summed E-state index contributed by atoms with van der Waals surface area (Å²) in [6, 6.07) is 14.1. The molecule has 0 N–H and O–H groups in total. The second kappa shape index (κ2) is 5.91. The van der Waals surface area contributed by atoms with Gasteiger partial charge in [0.25, 0.3) is 0 Å². The number of rotatable bonds is 5. The van der Waals surface area contributed by atoms with Crippen molar-refractivity contribution in [1.29, 1.82) is 0 Å². The van der Waals surface area contributed by atoms with Crippen molar-refractivity contribution in [1.82, 2.24) is 0 Å². The molecule has 0 radical (unpaired) electrons. The van der Waals surface area contributed by atoms with Crippen molar-refractivity contribution in [2.24, 2.45) is 0 Å². The molecule has 0 saturated carbocycles. The molecule has 20 heavy (non-hydrogen) atoms. The molecule has 2 aromatic rings. The number of ether oxygens (including phenoxy) is 1. The first kappa shape index (κ1) is 14.3. The van der Waals surface area contributed by atoms with Crippen LogP contribution in [0.15, 0.2) is 55.1 Å². The first-order chi connectivity index (χ1) is 9.63. The molecule has 0 amide bonds. The monoisotopic (exact) mass is 268 g/mol. The van der Waals surface area contributed by atoms with Gasteiger partial charge in [0.2, 0.25) is 0 Å². The Labute approximate surface area is 120 Å². The highest BCUT2D eigenvalue weighted by Crippen LogP contribution is 2.34. The van der Waals surface area contributed by atoms with Gasteiger partial charge in [-0.15, -0.1) is 6.58 Å². The van der Waals surface area contributed by atoms with Crippen LogP contribution in [0.5, 0.6) is 0 Å². The molecule has 0 fully saturated rings. The molecule has 104 valence electrons. The third-order valence-electron chi connectivity index (χ3n) is 3.66. The van der Waals surface area contributed by atoms with E-state index in [1.807, 2.05) is 44.2 Å². The van der Waals surface area contributed by atoms with Crippen molar-refractivity contribution in [2.75, 3.05) is 6.61 Å². The van der Waals surface area contributed by atoms with Crippen molar-refractivity contribution in [3.05, 3.63) is 60.7 Å². The average Bonchev–Trinajstić information content (AvgIpc) is 2.47. The topological polar surface area (TPSA) is 26.3 Å². The lowest BCUT2D eigenvalue weighted by Crippen LogP contribution is -2.34. The van der Waals surface area contributed by atoms with Gasteiger partial charge in [-0.1, -0.05) is 48.5 Å². The van der Waals surface area contributed by atoms with Gasteiger partial charge in [0.15, 0.2) is 0 Å². The molecule has 0 aliphatic carbocycles. The van der Waals surface area contributed by atoms with Crippen LogP contribution < -0.4 is 0 Å². The summed E-state index contributed by atoms with van der Waals surface area (Å²) in [4.78, 5) is 12.4. The summed E-state index contributed by atoms with van der Waals surface area (Å²) >= 11 is 0. The number of esters is 1. The van der Waals surface area contributed by atoms with Gasteiger partial charge in [0, 0.05) is 0 Å². The van der Waals surface area contributed by atoms with Crippen LogP contribution in [0.25, 0.3) is 10.8 Å². The Morgan fingerprint density at radius 2 is 1.95 bits per heavy atom. The van der Waals surface area contributed by atoms with Crippen molar-refractivity contribution >= 4 is 16.7 Å². The maximum Gasteiger partial charge on any atom is 0.316 e. The zero-order chi connectivity index (χ0) is 14.6. The van der Waals surface area contributed by atoms with E-state index in [4.69, 9.17) is 4.74 Å². The van der Waals surface area contributed by atoms with Gasteiger partial charge in [0.1, 0.15) is 0 Å². The summed E-state index contributed by atoms with van der Waals surface area (Å²) in [6.45, 7) is 7.93. The molecule has 2 heteroatoms. The van der Waals surface area contributed by atoms with Crippen LogP contribution in [0.1, 0.15) is 25.8 Å². The third-order valence-corrected chi connectivity index (χ3v) is 3.66. The van der Waals surface area contributed by atoms with E-state index in [9.17, 15) is 4.79 Å². The van der Waals surface area contributed by atoms with E-state index in [1.54, 1.807) is 6.08 Å². The van der Waals surface area contributed by atoms with E-state index in [2.05, 4.69) is 18.7 Å². The van der Waals surface area contributed by atoms with Crippen LogP contribution in [0.2, 0.25) is 0 Å². The predicted molar refractivity (Wildman–Crippen MR) is 82.7 cm³/mol. The number of fused-ring (bicyclic) bond motifs is 1. The quantitative estimate of drug-likeness (QED) is 0.599. The molecule has 1 unspecified atom stereocenters. The van der Waals surface area contributed by atoms with Gasteiger partial charge in [-0.05, 0) is 36.6 Å². The highest BCUT2D eigenvalue weighted by molar-refractivity contribution is 5.93. The molecule has 2 rings (SSSR count). The molecule has 0 saturated heterocycles. The summed E-state index contributed by atoms with van der Waals surface area (Å²) in [6.07, 6.45) is 2.33. The summed E-state index contributed by atoms with van der Waals surface area (Å²) in [5.41, 5.74) is 0.299. The Hall–Kier alpha value is -2.09. The Morgan fingerprint density at radius 1 is 1.25 bits per heavy atom. The fourth-order valence-electron chi connectivity index (χ4n) is 2.59. The summed E-state index contributed by atoms with van der Waals surface area (Å²) in [5.74, 6) is -0.198. The smallest absolute Gasteiger partial charge is 0.316 e. The van der Waals surface area contributed by atoms with E-state index in [0.29, 0.717) is 13.0 Å². The SMILES string of the molecule is C=CCC(C)(C(=O)OCC)c1cccc2ccccc12. The molecule has 0 spiro atoms. The van der Waals surface area contributed by atoms with Gasteiger partial charge in [-0.3, -0.25) is 4.79 Å². The van der Waals surface area contributed by atoms with E-state index >= 15 is 0 Å². The van der Waals surface area contributed by atoms with E-state index in [0.717, 1.165) is 16.3 Å². The van der Waals surface area contributed by atoms with Crippen molar-refractivity contribution in [3.8, 4) is 0 Å². The van der Waals surface area contributed by atoms with Crippen molar-refractivity contribution in [2.45, 2.75) is 25.7 Å². The molecular weight excluding hydrogens is 248 g/mol. The van der Waals surface area contributed by atoms with Gasteiger partial charge >= 0.3 is 5.97 Å². The first-order valence-electron chi connectivity index (χ1n) is 6.90. The molecule has 0 aliphatic heterocycles. The molecule has 1 atom stereocenters. The number of carbonyl (C=O) groups excluding carboxylic acids is 1. The fourth-order valence-corrected chi connectivity index (χ4v) is 2.59. The number of carbonyl (C=O) groups is 1. The van der Waals surface area contributed by atoms with E-state index in [1.165, 1.54) is 0 Å². The predicted octanol–water partition coefficient (Wildman–Crippen LogP) is 4.24. The Bertz CT molecular complexity index is 625. The Balaban J connectivity index is 2.62. The van der Waals surface area contributed by atoms with Crippen molar-refractivity contribution < 1.29 is 9.53 Å². The van der Waals surface area contributed by atoms with Crippen LogP contribution in [0.4, 0.5) is 0 Å². The van der Waals surface area contributed by atoms with Crippen LogP contribution in [-0.2, 0) is 14.9 Å². The normalized spacial score (nSPS) is 13.7. The first-order valence-corrected chi connectivity index (χ1v) is 6.90. The second-order valence-electron chi connectivity index (χ2n) is 5.07. The van der Waals surface area contributed by atoms with E-state index in [-0.39, 0.29) is 5.97 Å². The maximum atomic E-state index is 12.4. The third kappa shape index (κ3) is 2.46. The lowest BCUT2D eigenvalue weighted by molar-refractivity contribution is -0.149. The largest absolute Gasteiger partial charge is 0.465 e. The Kier molecular flexibility index (Phi) is 4.23. The standard InChI is InChI=1S/C18H20O2/c1-4-13-18(3,17(19)20-5-2)16-12-8-10-14-9-6-7-11-15(14)16/h4,6-12H,1,5,13H2,2-3H3. The number of hydrogen-bond donors (Lipinski definition) is 0. The second-order valence-corrected chi connectivity index (χ2v) is 5.07. The van der Waals surface area contributed by atoms with Crippen LogP contribution in [-0.4, -0.2) is 12.6 Å². The molecule has 2 nitrogen and oxygen atoms in total. The van der Waals surface area contributed by atoms with Crippen LogP contribution in [0.3, 0.4) is 0 Å². The average molecular weight is 268 g/mol. The van der Waals surface area contributed by atoms with Gasteiger partial charge in [-0.25, -0.2) is 0 Å². The van der Waals surface area contributed by atoms with Gasteiger partial charge in [-0.2, -0.15) is 0 Å². The minimum atomic E-state index is -0.696. The fraction of sp³-hybridized carbons (Fsp3) is 0.278. The molecule has 0 heterocycles. The minimum Gasteiger partial charge on any atom is -0.465 e. The number of hydrogen-bond acceptors (Lipinski definition) is 2. The molecular formula is C18H20O2. The van der Waals surface area contributed by atoms with Gasteiger partial charge < -0.3 is 4.74 Å². The van der Waals surface area contributed by atoms with Crippen LogP contribution >= 0.6 is 0 Å². The molecule has 0 aliphatic rings. The Morgan fingerprint density at radius 3 is 2.65 bits per heavy atom. The highest BCUT2D eigenvalue weighted by Gasteiger charge is 2.36. The van der Waals surface area contributed by atoms with E-state index < -0.39 is 5.41 Å². The minimum absolute atomic E-state index is 0.198.